The van der Waals surface area contributed by atoms with Gasteiger partial charge in [0.25, 0.3) is 10.0 Å². The molecule has 1 fully saturated rings. The van der Waals surface area contributed by atoms with Crippen molar-refractivity contribution in [2.24, 2.45) is 5.73 Å². The maximum atomic E-state index is 12.9. The topological polar surface area (TPSA) is 92.5 Å². The van der Waals surface area contributed by atoms with E-state index in [9.17, 15) is 26.4 Å². The van der Waals surface area contributed by atoms with Gasteiger partial charge in [0.2, 0.25) is 5.91 Å². The second kappa shape index (κ2) is 7.23. The van der Waals surface area contributed by atoms with E-state index in [4.69, 9.17) is 5.73 Å². The fourth-order valence-electron chi connectivity index (χ4n) is 2.77. The minimum Gasteiger partial charge on any atom is -0.368 e. The van der Waals surface area contributed by atoms with Gasteiger partial charge >= 0.3 is 6.18 Å². The number of carbonyl (C=O) groups is 1. The summed E-state index contributed by atoms with van der Waals surface area (Å²) in [5, 5.41) is 2.92. The Hall–Kier alpha value is -1.95. The Kier molecular flexibility index (Phi) is 5.30. The van der Waals surface area contributed by atoms with E-state index in [0.29, 0.717) is 17.0 Å². The van der Waals surface area contributed by atoms with E-state index < -0.39 is 33.7 Å². The van der Waals surface area contributed by atoms with Crippen molar-refractivity contribution in [3.8, 4) is 10.4 Å². The summed E-state index contributed by atoms with van der Waals surface area (Å²) in [6.07, 6.45) is -4.44. The number of carbonyl (C=O) groups excluding carboxylic acids is 1. The molecule has 0 radical (unpaired) electrons. The lowest BCUT2D eigenvalue weighted by Gasteiger charge is -2.32. The molecule has 1 saturated heterocycles. The molecule has 1 aliphatic heterocycles. The van der Waals surface area contributed by atoms with Crippen LogP contribution in [-0.4, -0.2) is 44.3 Å². The molecule has 3 N–H and O–H groups in total. The fraction of sp³-hybridized carbons (Fsp3) is 0.312. The molecule has 2 heterocycles. The van der Waals surface area contributed by atoms with Crippen molar-refractivity contribution < 1.29 is 26.4 Å². The molecule has 146 valence electrons. The van der Waals surface area contributed by atoms with Gasteiger partial charge in [-0.2, -0.15) is 17.5 Å². The Balaban J connectivity index is 1.89. The Morgan fingerprint density at radius 2 is 1.85 bits per heavy atom. The van der Waals surface area contributed by atoms with Crippen LogP contribution >= 0.6 is 11.3 Å². The van der Waals surface area contributed by atoms with Crippen LogP contribution in [0.3, 0.4) is 0 Å². The van der Waals surface area contributed by atoms with Crippen molar-refractivity contribution in [2.45, 2.75) is 16.4 Å². The number of sulfonamides is 1. The van der Waals surface area contributed by atoms with E-state index in [1.807, 2.05) is 0 Å². The number of halogens is 3. The lowest BCUT2D eigenvalue weighted by Crippen LogP contribution is -2.58. The van der Waals surface area contributed by atoms with Crippen molar-refractivity contribution in [2.75, 3.05) is 19.6 Å². The molecular formula is C16H16F3N3O3S2. The molecule has 3 rings (SSSR count). The Morgan fingerprint density at radius 3 is 2.44 bits per heavy atom. The summed E-state index contributed by atoms with van der Waals surface area (Å²) in [6.45, 7) is 0.620. The standard InChI is InChI=1S/C16H16F3N3O3S2/c17-16(18,19)11-3-1-10(2-4-11)13-5-6-14(26-13)27(24,25)22-8-7-21-9-12(22)15(20)23/h1-6,12,21H,7-9H2,(H2,20,23). The smallest absolute Gasteiger partial charge is 0.368 e. The quantitative estimate of drug-likeness (QED) is 0.792. The van der Waals surface area contributed by atoms with Crippen molar-refractivity contribution in [1.29, 1.82) is 0 Å². The molecular weight excluding hydrogens is 403 g/mol. The molecule has 1 aromatic heterocycles. The minimum atomic E-state index is -4.44. The normalized spacial score (nSPS) is 19.1. The SMILES string of the molecule is NC(=O)C1CNCCN1S(=O)(=O)c1ccc(-c2ccc(C(F)(F)F)cc2)s1. The molecule has 1 atom stereocenters. The van der Waals surface area contributed by atoms with Crippen LogP contribution in [0.5, 0.6) is 0 Å². The van der Waals surface area contributed by atoms with Gasteiger partial charge in [-0.25, -0.2) is 8.42 Å². The molecule has 1 aromatic carbocycles. The molecule has 11 heteroatoms. The molecule has 1 unspecified atom stereocenters. The summed E-state index contributed by atoms with van der Waals surface area (Å²) >= 11 is 0.930. The molecule has 6 nitrogen and oxygen atoms in total. The molecule has 27 heavy (non-hydrogen) atoms. The third-order valence-electron chi connectivity index (χ3n) is 4.16. The zero-order chi connectivity index (χ0) is 19.8. The van der Waals surface area contributed by atoms with Gasteiger partial charge in [0.05, 0.1) is 5.56 Å². The van der Waals surface area contributed by atoms with E-state index in [-0.39, 0.29) is 17.3 Å². The predicted molar refractivity (Wildman–Crippen MR) is 94.5 cm³/mol. The third kappa shape index (κ3) is 4.00. The van der Waals surface area contributed by atoms with E-state index >= 15 is 0 Å². The van der Waals surface area contributed by atoms with Crippen molar-refractivity contribution >= 4 is 27.3 Å². The number of nitrogens with zero attached hydrogens (tertiary/aromatic N) is 1. The molecule has 1 amide bonds. The number of nitrogens with two attached hydrogens (primary N) is 1. The van der Waals surface area contributed by atoms with Crippen LogP contribution in [0.2, 0.25) is 0 Å². The Bertz CT molecular complexity index is 940. The highest BCUT2D eigenvalue weighted by Gasteiger charge is 2.37. The van der Waals surface area contributed by atoms with Gasteiger partial charge in [-0.3, -0.25) is 4.79 Å². The predicted octanol–water partition coefficient (Wildman–Crippen LogP) is 1.88. The van der Waals surface area contributed by atoms with Crippen LogP contribution < -0.4 is 11.1 Å². The fourth-order valence-corrected chi connectivity index (χ4v) is 5.81. The first-order chi connectivity index (χ1) is 12.6. The number of amides is 1. The first-order valence-electron chi connectivity index (χ1n) is 7.90. The van der Waals surface area contributed by atoms with Crippen molar-refractivity contribution in [3.63, 3.8) is 0 Å². The van der Waals surface area contributed by atoms with Crippen LogP contribution in [0, 0.1) is 0 Å². The summed E-state index contributed by atoms with van der Waals surface area (Å²) in [5.74, 6) is -0.745. The Labute approximate surface area is 157 Å². The average molecular weight is 419 g/mol. The number of nitrogens with one attached hydrogen (secondary N) is 1. The number of thiophene rings is 1. The number of hydrogen-bond acceptors (Lipinski definition) is 5. The maximum absolute atomic E-state index is 12.9. The molecule has 0 bridgehead atoms. The highest BCUT2D eigenvalue weighted by molar-refractivity contribution is 7.91. The molecule has 0 spiro atoms. The van der Waals surface area contributed by atoms with E-state index in [0.717, 1.165) is 27.8 Å². The summed E-state index contributed by atoms with van der Waals surface area (Å²) in [5.41, 5.74) is 5.00. The van der Waals surface area contributed by atoms with Crippen molar-refractivity contribution in [1.82, 2.24) is 9.62 Å². The van der Waals surface area contributed by atoms with E-state index in [1.54, 1.807) is 0 Å². The summed E-state index contributed by atoms with van der Waals surface area (Å²) in [4.78, 5) is 12.1. The summed E-state index contributed by atoms with van der Waals surface area (Å²) in [7, 11) is -3.94. The second-order valence-electron chi connectivity index (χ2n) is 5.93. The van der Waals surface area contributed by atoms with Crippen LogP contribution in [-0.2, 0) is 21.0 Å². The first kappa shape index (κ1) is 19.8. The summed E-state index contributed by atoms with van der Waals surface area (Å²) < 4.78 is 64.8. The maximum Gasteiger partial charge on any atom is 0.416 e. The lowest BCUT2D eigenvalue weighted by atomic mass is 10.1. The van der Waals surface area contributed by atoms with Gasteiger partial charge in [0.15, 0.2) is 0 Å². The second-order valence-corrected chi connectivity index (χ2v) is 9.13. The van der Waals surface area contributed by atoms with Gasteiger partial charge < -0.3 is 11.1 Å². The van der Waals surface area contributed by atoms with Crippen LogP contribution in [0.25, 0.3) is 10.4 Å². The number of piperazine rings is 1. The monoisotopic (exact) mass is 419 g/mol. The highest BCUT2D eigenvalue weighted by Crippen LogP contribution is 2.35. The number of primary amides is 1. The molecule has 2 aromatic rings. The van der Waals surface area contributed by atoms with Crippen molar-refractivity contribution in [3.05, 3.63) is 42.0 Å². The van der Waals surface area contributed by atoms with Gasteiger partial charge in [-0.1, -0.05) is 12.1 Å². The number of rotatable bonds is 4. The zero-order valence-electron chi connectivity index (χ0n) is 13.9. The van der Waals surface area contributed by atoms with E-state index in [2.05, 4.69) is 5.32 Å². The van der Waals surface area contributed by atoms with Gasteiger partial charge in [-0.05, 0) is 29.8 Å². The largest absolute Gasteiger partial charge is 0.416 e. The third-order valence-corrected chi connectivity index (χ3v) is 7.67. The number of hydrogen-bond donors (Lipinski definition) is 2. The molecule has 0 saturated carbocycles. The van der Waals surface area contributed by atoms with Gasteiger partial charge in [0, 0.05) is 24.5 Å². The Morgan fingerprint density at radius 1 is 1.19 bits per heavy atom. The first-order valence-corrected chi connectivity index (χ1v) is 10.2. The van der Waals surface area contributed by atoms with Gasteiger partial charge in [0.1, 0.15) is 10.3 Å². The van der Waals surface area contributed by atoms with E-state index in [1.165, 1.54) is 24.3 Å². The average Bonchev–Trinajstić information content (AvgIpc) is 3.12. The molecule has 1 aliphatic rings. The number of alkyl halides is 3. The highest BCUT2D eigenvalue weighted by atomic mass is 32.2. The van der Waals surface area contributed by atoms with Crippen LogP contribution in [0.1, 0.15) is 5.56 Å². The molecule has 0 aliphatic carbocycles. The number of benzene rings is 1. The zero-order valence-corrected chi connectivity index (χ0v) is 15.5. The minimum absolute atomic E-state index is 0.00514. The van der Waals surface area contributed by atoms with Gasteiger partial charge in [-0.15, -0.1) is 11.3 Å². The summed E-state index contributed by atoms with van der Waals surface area (Å²) in [6, 6.07) is 6.41. The van der Waals surface area contributed by atoms with Crippen LogP contribution in [0.15, 0.2) is 40.6 Å². The lowest BCUT2D eigenvalue weighted by molar-refractivity contribution is -0.137. The van der Waals surface area contributed by atoms with Crippen LogP contribution in [0.4, 0.5) is 13.2 Å².